The maximum absolute atomic E-state index is 5.81. The van der Waals surface area contributed by atoms with Gasteiger partial charge in [0.25, 0.3) is 0 Å². The van der Waals surface area contributed by atoms with E-state index in [2.05, 4.69) is 17.2 Å². The number of rotatable bonds is 6. The normalized spacial score (nSPS) is 18.8. The standard InChI is InChI=1S/C13H21N3O2/c1-2-7-18-13-11(14)5-6-12(16-13)15-9-10-4-3-8-17-10/h5-6,10H,2-4,7-9,14H2,1H3,(H,15,16). The lowest BCUT2D eigenvalue weighted by atomic mass is 10.2. The summed E-state index contributed by atoms with van der Waals surface area (Å²) in [6, 6.07) is 3.68. The van der Waals surface area contributed by atoms with Crippen LogP contribution in [-0.4, -0.2) is 30.8 Å². The largest absolute Gasteiger partial charge is 0.476 e. The molecule has 1 aromatic rings. The van der Waals surface area contributed by atoms with E-state index in [0.29, 0.717) is 24.3 Å². The molecule has 0 amide bonds. The first kappa shape index (κ1) is 13.0. The fraction of sp³-hybridized carbons (Fsp3) is 0.615. The summed E-state index contributed by atoms with van der Waals surface area (Å²) in [5, 5.41) is 3.26. The minimum atomic E-state index is 0.296. The van der Waals surface area contributed by atoms with E-state index in [9.17, 15) is 0 Å². The van der Waals surface area contributed by atoms with Crippen LogP contribution in [0.4, 0.5) is 11.5 Å². The molecule has 0 aromatic carbocycles. The number of hydrogen-bond acceptors (Lipinski definition) is 5. The van der Waals surface area contributed by atoms with Crippen molar-refractivity contribution in [3.8, 4) is 5.88 Å². The monoisotopic (exact) mass is 251 g/mol. The highest BCUT2D eigenvalue weighted by Gasteiger charge is 2.15. The highest BCUT2D eigenvalue weighted by atomic mass is 16.5. The summed E-state index contributed by atoms with van der Waals surface area (Å²) in [5.41, 5.74) is 6.38. The predicted molar refractivity (Wildman–Crippen MR) is 71.9 cm³/mol. The molecular formula is C13H21N3O2. The van der Waals surface area contributed by atoms with Crippen molar-refractivity contribution in [1.29, 1.82) is 0 Å². The maximum Gasteiger partial charge on any atom is 0.239 e. The molecule has 18 heavy (non-hydrogen) atoms. The van der Waals surface area contributed by atoms with Crippen LogP contribution < -0.4 is 15.8 Å². The highest BCUT2D eigenvalue weighted by molar-refractivity contribution is 5.53. The molecule has 1 fully saturated rings. The molecule has 3 N–H and O–H groups in total. The van der Waals surface area contributed by atoms with Crippen LogP contribution in [0, 0.1) is 0 Å². The quantitative estimate of drug-likeness (QED) is 0.809. The van der Waals surface area contributed by atoms with Crippen LogP contribution in [0.3, 0.4) is 0 Å². The molecule has 1 aromatic heterocycles. The third kappa shape index (κ3) is 3.50. The molecule has 5 heteroatoms. The lowest BCUT2D eigenvalue weighted by Gasteiger charge is -2.13. The van der Waals surface area contributed by atoms with Gasteiger partial charge < -0.3 is 20.5 Å². The van der Waals surface area contributed by atoms with Crippen molar-refractivity contribution in [3.63, 3.8) is 0 Å². The molecule has 100 valence electrons. The van der Waals surface area contributed by atoms with E-state index in [0.717, 1.165) is 38.2 Å². The second-order valence-electron chi connectivity index (χ2n) is 4.46. The Labute approximate surface area is 108 Å². The number of pyridine rings is 1. The fourth-order valence-corrected chi connectivity index (χ4v) is 1.89. The van der Waals surface area contributed by atoms with E-state index in [1.54, 1.807) is 0 Å². The Morgan fingerprint density at radius 3 is 3.17 bits per heavy atom. The Hall–Kier alpha value is -1.49. The fourth-order valence-electron chi connectivity index (χ4n) is 1.89. The molecule has 0 aliphatic carbocycles. The molecule has 2 heterocycles. The molecule has 1 aliphatic heterocycles. The molecule has 1 atom stereocenters. The smallest absolute Gasteiger partial charge is 0.239 e. The van der Waals surface area contributed by atoms with Crippen molar-refractivity contribution < 1.29 is 9.47 Å². The van der Waals surface area contributed by atoms with Gasteiger partial charge in [-0.2, -0.15) is 4.98 Å². The lowest BCUT2D eigenvalue weighted by Crippen LogP contribution is -2.19. The highest BCUT2D eigenvalue weighted by Crippen LogP contribution is 2.21. The second kappa shape index (κ2) is 6.44. The summed E-state index contributed by atoms with van der Waals surface area (Å²) in [4.78, 5) is 4.36. The van der Waals surface area contributed by atoms with Crippen molar-refractivity contribution >= 4 is 11.5 Å². The van der Waals surface area contributed by atoms with Gasteiger partial charge in [0, 0.05) is 13.2 Å². The summed E-state index contributed by atoms with van der Waals surface area (Å²) in [6.07, 6.45) is 3.49. The second-order valence-corrected chi connectivity index (χ2v) is 4.46. The maximum atomic E-state index is 5.81. The number of aromatic nitrogens is 1. The molecule has 1 saturated heterocycles. The number of nitrogens with two attached hydrogens (primary N) is 1. The van der Waals surface area contributed by atoms with Gasteiger partial charge in [-0.1, -0.05) is 6.92 Å². The van der Waals surface area contributed by atoms with Gasteiger partial charge in [0.15, 0.2) is 0 Å². The molecule has 5 nitrogen and oxygen atoms in total. The lowest BCUT2D eigenvalue weighted by molar-refractivity contribution is 0.120. The molecule has 0 spiro atoms. The van der Waals surface area contributed by atoms with Crippen molar-refractivity contribution in [1.82, 2.24) is 4.98 Å². The first-order valence-electron chi connectivity index (χ1n) is 6.54. The number of hydrogen-bond donors (Lipinski definition) is 2. The van der Waals surface area contributed by atoms with Gasteiger partial charge in [-0.15, -0.1) is 0 Å². The average molecular weight is 251 g/mol. The van der Waals surface area contributed by atoms with Crippen molar-refractivity contribution in [2.24, 2.45) is 0 Å². The SMILES string of the molecule is CCCOc1nc(NCC2CCCO2)ccc1N. The van der Waals surface area contributed by atoms with Gasteiger partial charge in [-0.3, -0.25) is 0 Å². The summed E-state index contributed by atoms with van der Waals surface area (Å²) < 4.78 is 11.0. The zero-order chi connectivity index (χ0) is 12.8. The molecular weight excluding hydrogens is 230 g/mol. The Bertz CT molecular complexity index is 378. The topological polar surface area (TPSA) is 69.4 Å². The van der Waals surface area contributed by atoms with Gasteiger partial charge in [0.05, 0.1) is 18.4 Å². The van der Waals surface area contributed by atoms with Gasteiger partial charge in [-0.05, 0) is 31.4 Å². The number of anilines is 2. The van der Waals surface area contributed by atoms with Crippen LogP contribution in [0.15, 0.2) is 12.1 Å². The number of nitrogens with zero attached hydrogens (tertiary/aromatic N) is 1. The van der Waals surface area contributed by atoms with Gasteiger partial charge >= 0.3 is 0 Å². The first-order valence-corrected chi connectivity index (χ1v) is 6.54. The van der Waals surface area contributed by atoms with Crippen LogP contribution in [0.25, 0.3) is 0 Å². The van der Waals surface area contributed by atoms with E-state index in [-0.39, 0.29) is 0 Å². The number of nitrogens with one attached hydrogen (secondary N) is 1. The van der Waals surface area contributed by atoms with Gasteiger partial charge in [-0.25, -0.2) is 0 Å². The zero-order valence-electron chi connectivity index (χ0n) is 10.8. The zero-order valence-corrected chi connectivity index (χ0v) is 10.8. The Morgan fingerprint density at radius 2 is 2.44 bits per heavy atom. The Kier molecular flexibility index (Phi) is 4.64. The van der Waals surface area contributed by atoms with Crippen LogP contribution in [0.1, 0.15) is 26.2 Å². The minimum absolute atomic E-state index is 0.296. The van der Waals surface area contributed by atoms with E-state index in [1.807, 2.05) is 12.1 Å². The molecule has 0 bridgehead atoms. The van der Waals surface area contributed by atoms with Gasteiger partial charge in [0.2, 0.25) is 5.88 Å². The Balaban J connectivity index is 1.91. The van der Waals surface area contributed by atoms with Crippen LogP contribution in [0.2, 0.25) is 0 Å². The van der Waals surface area contributed by atoms with E-state index < -0.39 is 0 Å². The summed E-state index contributed by atoms with van der Waals surface area (Å²) in [6.45, 7) is 4.33. The molecule has 0 radical (unpaired) electrons. The summed E-state index contributed by atoms with van der Waals surface area (Å²) in [7, 11) is 0. The van der Waals surface area contributed by atoms with Crippen LogP contribution >= 0.6 is 0 Å². The van der Waals surface area contributed by atoms with Crippen molar-refractivity contribution in [3.05, 3.63) is 12.1 Å². The number of ether oxygens (including phenoxy) is 2. The van der Waals surface area contributed by atoms with Crippen molar-refractivity contribution in [2.45, 2.75) is 32.3 Å². The minimum Gasteiger partial charge on any atom is -0.476 e. The van der Waals surface area contributed by atoms with Crippen LogP contribution in [0.5, 0.6) is 5.88 Å². The van der Waals surface area contributed by atoms with Crippen LogP contribution in [-0.2, 0) is 4.74 Å². The number of nitrogen functional groups attached to an aromatic ring is 1. The van der Waals surface area contributed by atoms with E-state index in [4.69, 9.17) is 15.2 Å². The van der Waals surface area contributed by atoms with E-state index in [1.165, 1.54) is 0 Å². The Morgan fingerprint density at radius 1 is 1.56 bits per heavy atom. The molecule has 0 saturated carbocycles. The molecule has 1 unspecified atom stereocenters. The first-order chi connectivity index (χ1) is 8.79. The van der Waals surface area contributed by atoms with E-state index >= 15 is 0 Å². The average Bonchev–Trinajstić information content (AvgIpc) is 2.89. The van der Waals surface area contributed by atoms with Gasteiger partial charge in [0.1, 0.15) is 5.82 Å². The summed E-state index contributed by atoms with van der Waals surface area (Å²) >= 11 is 0. The van der Waals surface area contributed by atoms with Crippen molar-refractivity contribution in [2.75, 3.05) is 30.8 Å². The third-order valence-electron chi connectivity index (χ3n) is 2.87. The summed E-state index contributed by atoms with van der Waals surface area (Å²) in [5.74, 6) is 1.29. The molecule has 2 rings (SSSR count). The molecule has 1 aliphatic rings. The third-order valence-corrected chi connectivity index (χ3v) is 2.87. The predicted octanol–water partition coefficient (Wildman–Crippen LogP) is 2.04.